The maximum absolute atomic E-state index is 11.7. The van der Waals surface area contributed by atoms with Gasteiger partial charge in [-0.3, -0.25) is 0 Å². The van der Waals surface area contributed by atoms with Gasteiger partial charge in [0.1, 0.15) is 10.6 Å². The zero-order valence-corrected chi connectivity index (χ0v) is 11.1. The quantitative estimate of drug-likeness (QED) is 0.815. The number of hydrogen-bond donors (Lipinski definition) is 1. The van der Waals surface area contributed by atoms with Crippen LogP contribution >= 0.6 is 11.5 Å². The molecule has 1 aliphatic heterocycles. The number of hydrogen-bond acceptors (Lipinski definition) is 6. The second kappa shape index (κ2) is 4.52. The lowest BCUT2D eigenvalue weighted by Gasteiger charge is -2.22. The van der Waals surface area contributed by atoms with Gasteiger partial charge in [0.25, 0.3) is 0 Å². The Morgan fingerprint density at radius 2 is 2.29 bits per heavy atom. The van der Waals surface area contributed by atoms with Crippen molar-refractivity contribution in [2.75, 3.05) is 24.3 Å². The maximum Gasteiger partial charge on any atom is 0.344 e. The molecule has 1 aromatic heterocycles. The van der Waals surface area contributed by atoms with Crippen LogP contribution in [0.2, 0.25) is 0 Å². The molecule has 2 rings (SSSR count). The Kier molecular flexibility index (Phi) is 3.24. The van der Waals surface area contributed by atoms with Crippen molar-refractivity contribution in [3.63, 3.8) is 0 Å². The standard InChI is InChI=1S/C11H17N3O2S/c1-6-4-7(2)14(5-6)10-8(11(15)16-3)9(12)13-17-10/h6-7H,4-5H2,1-3H3,(H2,12,13). The molecule has 0 bridgehead atoms. The second-order valence-electron chi connectivity index (χ2n) is 4.58. The molecule has 1 fully saturated rings. The van der Waals surface area contributed by atoms with Crippen LogP contribution in [0.15, 0.2) is 0 Å². The minimum atomic E-state index is -0.405. The van der Waals surface area contributed by atoms with Crippen LogP contribution in [0.4, 0.5) is 10.8 Å². The minimum absolute atomic E-state index is 0.267. The monoisotopic (exact) mass is 255 g/mol. The molecule has 6 heteroatoms. The number of carbonyl (C=O) groups excluding carboxylic acids is 1. The molecular formula is C11H17N3O2S. The van der Waals surface area contributed by atoms with Gasteiger partial charge < -0.3 is 15.4 Å². The Balaban J connectivity index is 2.36. The Labute approximate surface area is 105 Å². The first-order valence-electron chi connectivity index (χ1n) is 5.64. The molecule has 0 saturated carbocycles. The van der Waals surface area contributed by atoms with E-state index in [0.29, 0.717) is 17.5 Å². The molecule has 0 aromatic carbocycles. The van der Waals surface area contributed by atoms with Crippen LogP contribution in [-0.2, 0) is 4.74 Å². The summed E-state index contributed by atoms with van der Waals surface area (Å²) in [5, 5.41) is 0.839. The number of nitrogens with two attached hydrogens (primary N) is 1. The maximum atomic E-state index is 11.7. The van der Waals surface area contributed by atoms with Crippen molar-refractivity contribution in [2.24, 2.45) is 5.92 Å². The zero-order chi connectivity index (χ0) is 12.6. The van der Waals surface area contributed by atoms with Crippen molar-refractivity contribution in [3.05, 3.63) is 5.56 Å². The summed E-state index contributed by atoms with van der Waals surface area (Å²) in [4.78, 5) is 13.9. The number of anilines is 2. The van der Waals surface area contributed by atoms with E-state index in [2.05, 4.69) is 23.1 Å². The van der Waals surface area contributed by atoms with E-state index in [4.69, 9.17) is 10.5 Å². The third-order valence-corrected chi connectivity index (χ3v) is 4.03. The molecule has 1 saturated heterocycles. The number of methoxy groups -OCH3 is 1. The van der Waals surface area contributed by atoms with Gasteiger partial charge in [-0.05, 0) is 30.8 Å². The van der Waals surface area contributed by atoms with Gasteiger partial charge in [-0.1, -0.05) is 6.92 Å². The molecular weight excluding hydrogens is 238 g/mol. The average molecular weight is 255 g/mol. The van der Waals surface area contributed by atoms with Crippen molar-refractivity contribution in [1.29, 1.82) is 0 Å². The van der Waals surface area contributed by atoms with E-state index in [0.717, 1.165) is 18.0 Å². The fraction of sp³-hybridized carbons (Fsp3) is 0.636. The van der Waals surface area contributed by atoms with Gasteiger partial charge in [0.15, 0.2) is 5.82 Å². The smallest absolute Gasteiger partial charge is 0.344 e. The van der Waals surface area contributed by atoms with Gasteiger partial charge in [0, 0.05) is 12.6 Å². The number of rotatable bonds is 2. The molecule has 2 N–H and O–H groups in total. The Morgan fingerprint density at radius 1 is 1.59 bits per heavy atom. The van der Waals surface area contributed by atoms with Gasteiger partial charge in [0.05, 0.1) is 7.11 Å². The Morgan fingerprint density at radius 3 is 2.82 bits per heavy atom. The van der Waals surface area contributed by atoms with Crippen LogP contribution in [0.3, 0.4) is 0 Å². The van der Waals surface area contributed by atoms with Gasteiger partial charge in [0.2, 0.25) is 0 Å². The normalized spacial score (nSPS) is 24.1. The van der Waals surface area contributed by atoms with E-state index in [1.807, 2.05) is 0 Å². The Bertz CT molecular complexity index is 432. The average Bonchev–Trinajstić information content (AvgIpc) is 2.80. The number of nitrogens with zero attached hydrogens (tertiary/aromatic N) is 2. The molecule has 2 atom stereocenters. The number of carbonyl (C=O) groups is 1. The molecule has 0 radical (unpaired) electrons. The summed E-state index contributed by atoms with van der Waals surface area (Å²) in [6.07, 6.45) is 1.12. The van der Waals surface area contributed by atoms with Gasteiger partial charge in [-0.2, -0.15) is 4.37 Å². The molecule has 1 aromatic rings. The fourth-order valence-electron chi connectivity index (χ4n) is 2.37. The molecule has 1 aliphatic rings. The van der Waals surface area contributed by atoms with Gasteiger partial charge in [-0.25, -0.2) is 4.79 Å². The molecule has 5 nitrogen and oxygen atoms in total. The van der Waals surface area contributed by atoms with Crippen LogP contribution in [0, 0.1) is 5.92 Å². The number of aromatic nitrogens is 1. The first-order valence-corrected chi connectivity index (χ1v) is 6.42. The highest BCUT2D eigenvalue weighted by atomic mass is 32.1. The third-order valence-electron chi connectivity index (χ3n) is 3.13. The highest BCUT2D eigenvalue weighted by Gasteiger charge is 2.32. The van der Waals surface area contributed by atoms with Crippen molar-refractivity contribution in [1.82, 2.24) is 4.37 Å². The summed E-state index contributed by atoms with van der Waals surface area (Å²) >= 11 is 1.27. The predicted molar refractivity (Wildman–Crippen MR) is 68.5 cm³/mol. The second-order valence-corrected chi connectivity index (χ2v) is 5.33. The zero-order valence-electron chi connectivity index (χ0n) is 10.3. The molecule has 94 valence electrons. The number of nitrogen functional groups attached to an aromatic ring is 1. The summed E-state index contributed by atoms with van der Waals surface area (Å²) in [6.45, 7) is 5.30. The van der Waals surface area contributed by atoms with E-state index < -0.39 is 5.97 Å². The lowest BCUT2D eigenvalue weighted by atomic mass is 10.1. The highest BCUT2D eigenvalue weighted by Crippen LogP contribution is 2.37. The van der Waals surface area contributed by atoms with Gasteiger partial charge >= 0.3 is 5.97 Å². The third kappa shape index (κ3) is 2.09. The number of esters is 1. The van der Waals surface area contributed by atoms with Crippen molar-refractivity contribution in [2.45, 2.75) is 26.3 Å². The molecule has 2 heterocycles. The van der Waals surface area contributed by atoms with Crippen LogP contribution in [-0.4, -0.2) is 30.0 Å². The summed E-state index contributed by atoms with van der Waals surface area (Å²) in [7, 11) is 1.36. The molecule has 0 aliphatic carbocycles. The minimum Gasteiger partial charge on any atom is -0.465 e. The van der Waals surface area contributed by atoms with E-state index in [1.54, 1.807) is 0 Å². The van der Waals surface area contributed by atoms with Gasteiger partial charge in [-0.15, -0.1) is 0 Å². The van der Waals surface area contributed by atoms with E-state index in [9.17, 15) is 4.79 Å². The molecule has 2 unspecified atom stereocenters. The summed E-state index contributed by atoms with van der Waals surface area (Å²) in [5.74, 6) is 0.487. The molecule has 0 amide bonds. The topological polar surface area (TPSA) is 68.5 Å². The molecule has 0 spiro atoms. The van der Waals surface area contributed by atoms with Crippen LogP contribution in [0.25, 0.3) is 0 Å². The Hall–Kier alpha value is -1.30. The first-order chi connectivity index (χ1) is 8.04. The van der Waals surface area contributed by atoms with E-state index in [-0.39, 0.29) is 5.82 Å². The van der Waals surface area contributed by atoms with E-state index >= 15 is 0 Å². The summed E-state index contributed by atoms with van der Waals surface area (Å²) in [6, 6.07) is 0.410. The largest absolute Gasteiger partial charge is 0.465 e. The fourth-order valence-corrected chi connectivity index (χ4v) is 3.28. The highest BCUT2D eigenvalue weighted by molar-refractivity contribution is 7.11. The van der Waals surface area contributed by atoms with Crippen molar-refractivity contribution < 1.29 is 9.53 Å². The molecule has 17 heavy (non-hydrogen) atoms. The lowest BCUT2D eigenvalue weighted by molar-refractivity contribution is 0.0603. The lowest BCUT2D eigenvalue weighted by Crippen LogP contribution is -2.27. The van der Waals surface area contributed by atoms with Crippen molar-refractivity contribution in [3.8, 4) is 0 Å². The summed E-state index contributed by atoms with van der Waals surface area (Å²) < 4.78 is 8.83. The first kappa shape index (κ1) is 12.2. The van der Waals surface area contributed by atoms with E-state index in [1.165, 1.54) is 18.6 Å². The SMILES string of the molecule is COC(=O)c1c(N)nsc1N1CC(C)CC1C. The summed E-state index contributed by atoms with van der Waals surface area (Å²) in [5.41, 5.74) is 6.15. The van der Waals surface area contributed by atoms with Crippen LogP contribution in [0.1, 0.15) is 30.6 Å². The van der Waals surface area contributed by atoms with Crippen LogP contribution in [0.5, 0.6) is 0 Å². The predicted octanol–water partition coefficient (Wildman–Crippen LogP) is 1.75. The number of ether oxygens (including phenoxy) is 1. The van der Waals surface area contributed by atoms with Crippen LogP contribution < -0.4 is 10.6 Å². The van der Waals surface area contributed by atoms with Crippen molar-refractivity contribution >= 4 is 28.3 Å².